The number of aromatic nitrogens is 2. The molecule has 0 bridgehead atoms. The fraction of sp³-hybridized carbons (Fsp3) is 0.545. The number of hydrogen-bond acceptors (Lipinski definition) is 4. The maximum Gasteiger partial charge on any atom is 0.311 e. The molecule has 0 saturated heterocycles. The van der Waals surface area contributed by atoms with E-state index in [9.17, 15) is 9.90 Å². The highest BCUT2D eigenvalue weighted by Crippen LogP contribution is 2.39. The van der Waals surface area contributed by atoms with Crippen LogP contribution in [-0.2, 0) is 4.79 Å². The van der Waals surface area contributed by atoms with Gasteiger partial charge < -0.3 is 10.4 Å². The van der Waals surface area contributed by atoms with Crippen LogP contribution in [0.25, 0.3) is 0 Å². The average Bonchev–Trinajstić information content (AvgIpc) is 2.62. The number of aliphatic carboxylic acids is 1. The van der Waals surface area contributed by atoms with Gasteiger partial charge in [-0.2, -0.15) is 0 Å². The molecule has 1 aliphatic rings. The zero-order chi connectivity index (χ0) is 12.5. The third kappa shape index (κ3) is 2.34. The number of carboxylic acid groups (broad SMARTS) is 1. The molecule has 1 heterocycles. The topological polar surface area (TPSA) is 75.1 Å². The molecule has 2 N–H and O–H groups in total. The number of nitrogens with one attached hydrogen (secondary N) is 1. The summed E-state index contributed by atoms with van der Waals surface area (Å²) in [5.41, 5.74) is -0.746. The Bertz CT molecular complexity index is 440. The molecule has 2 atom stereocenters. The molecule has 0 aliphatic heterocycles. The zero-order valence-corrected chi connectivity index (χ0v) is 10.2. The van der Waals surface area contributed by atoms with Crippen molar-refractivity contribution in [3.63, 3.8) is 0 Å². The molecule has 1 aliphatic carbocycles. The molecule has 17 heavy (non-hydrogen) atoms. The Labute approximate surface area is 104 Å². The van der Waals surface area contributed by atoms with Crippen molar-refractivity contribution in [2.24, 2.45) is 5.41 Å². The van der Waals surface area contributed by atoms with E-state index in [2.05, 4.69) is 15.3 Å². The van der Waals surface area contributed by atoms with Crippen LogP contribution in [0.4, 0.5) is 5.82 Å². The van der Waals surface area contributed by atoms with E-state index >= 15 is 0 Å². The van der Waals surface area contributed by atoms with Crippen molar-refractivity contribution in [3.8, 4) is 0 Å². The Balaban J connectivity index is 2.16. The molecule has 1 saturated carbocycles. The quantitative estimate of drug-likeness (QED) is 0.866. The van der Waals surface area contributed by atoms with Gasteiger partial charge in [0.1, 0.15) is 11.0 Å². The third-order valence-corrected chi connectivity index (χ3v) is 3.56. The number of carboxylic acids is 1. The van der Waals surface area contributed by atoms with Crippen molar-refractivity contribution >= 4 is 23.4 Å². The Morgan fingerprint density at radius 2 is 2.41 bits per heavy atom. The second kappa shape index (κ2) is 4.49. The van der Waals surface area contributed by atoms with E-state index in [0.29, 0.717) is 17.4 Å². The summed E-state index contributed by atoms with van der Waals surface area (Å²) in [4.78, 5) is 19.3. The standard InChI is InChI=1S/C11H14ClN3O2/c1-11(10(16)17)4-2-3-7(11)14-9-6-13-5-8(12)15-9/h5-7H,2-4H2,1H3,(H,14,15)(H,16,17). The maximum atomic E-state index is 11.3. The van der Waals surface area contributed by atoms with Gasteiger partial charge in [0.2, 0.25) is 0 Å². The van der Waals surface area contributed by atoms with Gasteiger partial charge in [-0.05, 0) is 19.8 Å². The summed E-state index contributed by atoms with van der Waals surface area (Å²) in [7, 11) is 0. The Morgan fingerprint density at radius 3 is 3.06 bits per heavy atom. The minimum atomic E-state index is -0.775. The smallest absolute Gasteiger partial charge is 0.311 e. The number of nitrogens with zero attached hydrogens (tertiary/aromatic N) is 2. The molecule has 0 spiro atoms. The van der Waals surface area contributed by atoms with E-state index in [4.69, 9.17) is 11.6 Å². The van der Waals surface area contributed by atoms with Gasteiger partial charge in [0.25, 0.3) is 0 Å². The monoisotopic (exact) mass is 255 g/mol. The van der Waals surface area contributed by atoms with Crippen molar-refractivity contribution in [1.29, 1.82) is 0 Å². The lowest BCUT2D eigenvalue weighted by molar-refractivity contribution is -0.147. The molecule has 0 aromatic carbocycles. The lowest BCUT2D eigenvalue weighted by Crippen LogP contribution is -2.40. The zero-order valence-electron chi connectivity index (χ0n) is 9.48. The molecule has 0 radical (unpaired) electrons. The van der Waals surface area contributed by atoms with Crippen molar-refractivity contribution < 1.29 is 9.90 Å². The first-order valence-corrected chi connectivity index (χ1v) is 5.87. The molecule has 5 nitrogen and oxygen atoms in total. The van der Waals surface area contributed by atoms with E-state index in [1.54, 1.807) is 13.1 Å². The van der Waals surface area contributed by atoms with Crippen molar-refractivity contribution in [2.75, 3.05) is 5.32 Å². The first-order chi connectivity index (χ1) is 8.02. The molecule has 1 aromatic rings. The SMILES string of the molecule is CC1(C(=O)O)CCCC1Nc1cncc(Cl)n1. The van der Waals surface area contributed by atoms with Crippen molar-refractivity contribution in [2.45, 2.75) is 32.2 Å². The molecule has 2 unspecified atom stereocenters. The van der Waals surface area contributed by atoms with Gasteiger partial charge >= 0.3 is 5.97 Å². The van der Waals surface area contributed by atoms with Crippen LogP contribution in [0.15, 0.2) is 12.4 Å². The summed E-state index contributed by atoms with van der Waals surface area (Å²) >= 11 is 5.73. The van der Waals surface area contributed by atoms with Crippen LogP contribution < -0.4 is 5.32 Å². The van der Waals surface area contributed by atoms with Gasteiger partial charge in [0, 0.05) is 6.04 Å². The van der Waals surface area contributed by atoms with Gasteiger partial charge in [0.15, 0.2) is 0 Å². The highest BCUT2D eigenvalue weighted by atomic mass is 35.5. The summed E-state index contributed by atoms with van der Waals surface area (Å²) < 4.78 is 0. The minimum absolute atomic E-state index is 0.132. The molecular formula is C11H14ClN3O2. The van der Waals surface area contributed by atoms with Gasteiger partial charge in [-0.15, -0.1) is 0 Å². The fourth-order valence-corrected chi connectivity index (χ4v) is 2.39. The summed E-state index contributed by atoms with van der Waals surface area (Å²) in [5, 5.41) is 12.7. The first-order valence-electron chi connectivity index (χ1n) is 5.50. The van der Waals surface area contributed by atoms with Crippen LogP contribution in [0.1, 0.15) is 26.2 Å². The number of halogens is 1. The van der Waals surface area contributed by atoms with Crippen LogP contribution in [-0.4, -0.2) is 27.1 Å². The normalized spacial score (nSPS) is 28.0. The van der Waals surface area contributed by atoms with E-state index in [1.807, 2.05) is 0 Å². The molecule has 1 aromatic heterocycles. The highest BCUT2D eigenvalue weighted by Gasteiger charge is 2.45. The Hall–Kier alpha value is -1.36. The minimum Gasteiger partial charge on any atom is -0.481 e. The summed E-state index contributed by atoms with van der Waals surface area (Å²) in [6.07, 6.45) is 5.38. The molecule has 0 amide bonds. The first kappa shape index (κ1) is 12.1. The number of carbonyl (C=O) groups is 1. The van der Waals surface area contributed by atoms with Crippen molar-refractivity contribution in [1.82, 2.24) is 9.97 Å². The predicted molar refractivity (Wildman–Crippen MR) is 64.0 cm³/mol. The lowest BCUT2D eigenvalue weighted by Gasteiger charge is -2.27. The Kier molecular flexibility index (Phi) is 3.19. The predicted octanol–water partition coefficient (Wildman–Crippen LogP) is 2.19. The van der Waals surface area contributed by atoms with E-state index in [1.165, 1.54) is 6.20 Å². The van der Waals surface area contributed by atoms with Gasteiger partial charge in [-0.1, -0.05) is 18.0 Å². The third-order valence-electron chi connectivity index (χ3n) is 3.37. The second-order valence-corrected chi connectivity index (χ2v) is 4.93. The van der Waals surface area contributed by atoms with E-state index < -0.39 is 11.4 Å². The summed E-state index contributed by atoms with van der Waals surface area (Å²) in [5.74, 6) is -0.251. The van der Waals surface area contributed by atoms with Gasteiger partial charge in [-0.3, -0.25) is 9.78 Å². The van der Waals surface area contributed by atoms with Crippen LogP contribution in [0, 0.1) is 5.41 Å². The Morgan fingerprint density at radius 1 is 1.65 bits per heavy atom. The number of hydrogen-bond donors (Lipinski definition) is 2. The lowest BCUT2D eigenvalue weighted by atomic mass is 9.85. The molecule has 1 fully saturated rings. The van der Waals surface area contributed by atoms with Gasteiger partial charge in [-0.25, -0.2) is 4.98 Å². The molecule has 2 rings (SSSR count). The second-order valence-electron chi connectivity index (χ2n) is 4.54. The van der Waals surface area contributed by atoms with Gasteiger partial charge in [0.05, 0.1) is 17.8 Å². The number of anilines is 1. The molecule has 92 valence electrons. The maximum absolute atomic E-state index is 11.3. The summed E-state index contributed by atoms with van der Waals surface area (Å²) in [6, 6.07) is -0.132. The molecule has 6 heteroatoms. The van der Waals surface area contributed by atoms with E-state index in [0.717, 1.165) is 12.8 Å². The summed E-state index contributed by atoms with van der Waals surface area (Å²) in [6.45, 7) is 1.76. The fourth-order valence-electron chi connectivity index (χ4n) is 2.24. The van der Waals surface area contributed by atoms with Crippen LogP contribution >= 0.6 is 11.6 Å². The van der Waals surface area contributed by atoms with Crippen LogP contribution in [0.2, 0.25) is 5.15 Å². The van der Waals surface area contributed by atoms with Crippen LogP contribution in [0.3, 0.4) is 0 Å². The van der Waals surface area contributed by atoms with Crippen LogP contribution in [0.5, 0.6) is 0 Å². The molecular weight excluding hydrogens is 242 g/mol. The largest absolute Gasteiger partial charge is 0.481 e. The number of rotatable bonds is 3. The van der Waals surface area contributed by atoms with E-state index in [-0.39, 0.29) is 6.04 Å². The average molecular weight is 256 g/mol. The van der Waals surface area contributed by atoms with Crippen molar-refractivity contribution in [3.05, 3.63) is 17.5 Å². The highest BCUT2D eigenvalue weighted by molar-refractivity contribution is 6.29.